The standard InChI is InChI=1S/C13H14ClNO5/c14-9-4-2-1-3-8(9)11(13(17)18)15-12(16)10-7-19-5-6-20-10/h1-4,10-11H,5-7H2,(H,15,16)(H,17,18)/t10?,11-/m1/s1. The van der Waals surface area contributed by atoms with Gasteiger partial charge in [-0.2, -0.15) is 0 Å². The highest BCUT2D eigenvalue weighted by atomic mass is 35.5. The summed E-state index contributed by atoms with van der Waals surface area (Å²) in [6, 6.07) is 5.24. The van der Waals surface area contributed by atoms with Gasteiger partial charge in [0.25, 0.3) is 5.91 Å². The predicted molar refractivity (Wildman–Crippen MR) is 70.5 cm³/mol. The lowest BCUT2D eigenvalue weighted by molar-refractivity contribution is -0.152. The Morgan fingerprint density at radius 2 is 2.10 bits per heavy atom. The second kappa shape index (κ2) is 6.69. The third kappa shape index (κ3) is 3.47. The minimum absolute atomic E-state index is 0.112. The molecule has 6 nitrogen and oxygen atoms in total. The predicted octanol–water partition coefficient (Wildman–Crippen LogP) is 0.997. The highest BCUT2D eigenvalue weighted by Gasteiger charge is 2.29. The zero-order valence-electron chi connectivity index (χ0n) is 10.5. The van der Waals surface area contributed by atoms with Crippen molar-refractivity contribution in [3.8, 4) is 0 Å². The molecule has 1 aromatic carbocycles. The van der Waals surface area contributed by atoms with Crippen molar-refractivity contribution in [2.45, 2.75) is 12.1 Å². The minimum atomic E-state index is -1.22. The number of carboxylic acids is 1. The van der Waals surface area contributed by atoms with E-state index in [0.717, 1.165) is 0 Å². The van der Waals surface area contributed by atoms with Crippen molar-refractivity contribution in [2.24, 2.45) is 0 Å². The molecule has 2 N–H and O–H groups in total. The summed E-state index contributed by atoms with van der Waals surface area (Å²) < 4.78 is 10.3. The number of benzene rings is 1. The molecule has 0 bridgehead atoms. The number of hydrogen-bond donors (Lipinski definition) is 2. The Morgan fingerprint density at radius 3 is 2.70 bits per heavy atom. The summed E-state index contributed by atoms with van der Waals surface area (Å²) in [6.07, 6.45) is -0.798. The van der Waals surface area contributed by atoms with Gasteiger partial charge in [0.1, 0.15) is 0 Å². The molecule has 20 heavy (non-hydrogen) atoms. The van der Waals surface area contributed by atoms with Crippen LogP contribution in [-0.2, 0) is 19.1 Å². The van der Waals surface area contributed by atoms with Crippen LogP contribution in [0.1, 0.15) is 11.6 Å². The highest BCUT2D eigenvalue weighted by Crippen LogP contribution is 2.23. The number of rotatable bonds is 4. The quantitative estimate of drug-likeness (QED) is 0.866. The van der Waals surface area contributed by atoms with Gasteiger partial charge < -0.3 is 19.9 Å². The number of halogens is 1. The number of ether oxygens (including phenoxy) is 2. The monoisotopic (exact) mass is 299 g/mol. The molecule has 1 aliphatic rings. The molecule has 1 saturated heterocycles. The average molecular weight is 300 g/mol. The van der Waals surface area contributed by atoms with Crippen molar-refractivity contribution in [1.82, 2.24) is 5.32 Å². The van der Waals surface area contributed by atoms with Gasteiger partial charge in [0.05, 0.1) is 19.8 Å². The molecular weight excluding hydrogens is 286 g/mol. The first-order valence-corrected chi connectivity index (χ1v) is 6.44. The summed E-state index contributed by atoms with van der Waals surface area (Å²) in [7, 11) is 0. The summed E-state index contributed by atoms with van der Waals surface area (Å²) in [5.41, 5.74) is 0.326. The van der Waals surface area contributed by atoms with Gasteiger partial charge in [0.15, 0.2) is 12.1 Å². The summed E-state index contributed by atoms with van der Waals surface area (Å²) in [6.45, 7) is 0.846. The van der Waals surface area contributed by atoms with Gasteiger partial charge in [-0.05, 0) is 6.07 Å². The number of carboxylic acid groups (broad SMARTS) is 1. The Morgan fingerprint density at radius 1 is 1.35 bits per heavy atom. The number of aliphatic carboxylic acids is 1. The molecule has 0 spiro atoms. The van der Waals surface area contributed by atoms with E-state index in [4.69, 9.17) is 21.1 Å². The normalized spacial score (nSPS) is 20.1. The maximum absolute atomic E-state index is 12.0. The molecule has 0 radical (unpaired) electrons. The van der Waals surface area contributed by atoms with E-state index < -0.39 is 24.0 Å². The largest absolute Gasteiger partial charge is 0.479 e. The molecule has 0 aromatic heterocycles. The van der Waals surface area contributed by atoms with E-state index in [0.29, 0.717) is 18.8 Å². The maximum atomic E-state index is 12.0. The zero-order chi connectivity index (χ0) is 14.5. The van der Waals surface area contributed by atoms with Gasteiger partial charge in [-0.3, -0.25) is 4.79 Å². The van der Waals surface area contributed by atoms with Gasteiger partial charge in [0, 0.05) is 10.6 Å². The van der Waals surface area contributed by atoms with Crippen LogP contribution in [0.5, 0.6) is 0 Å². The molecule has 0 aliphatic carbocycles. The Hall–Kier alpha value is -1.63. The SMILES string of the molecule is O=C(N[C@@H](C(=O)O)c1ccccc1Cl)C1COCCO1. The van der Waals surface area contributed by atoms with E-state index in [-0.39, 0.29) is 11.6 Å². The molecule has 1 aromatic rings. The van der Waals surface area contributed by atoms with Crippen LogP contribution in [0, 0.1) is 0 Å². The summed E-state index contributed by atoms with van der Waals surface area (Å²) in [4.78, 5) is 23.3. The molecule has 7 heteroatoms. The third-order valence-electron chi connectivity index (χ3n) is 2.86. The van der Waals surface area contributed by atoms with Gasteiger partial charge in [-0.25, -0.2) is 4.79 Å². The first-order chi connectivity index (χ1) is 9.59. The second-order valence-corrected chi connectivity index (χ2v) is 4.64. The summed E-state index contributed by atoms with van der Waals surface area (Å²) >= 11 is 5.96. The Labute approximate surface area is 120 Å². The fourth-order valence-electron chi connectivity index (χ4n) is 1.86. The van der Waals surface area contributed by atoms with Crippen molar-refractivity contribution >= 4 is 23.5 Å². The number of amides is 1. The third-order valence-corrected chi connectivity index (χ3v) is 3.20. The number of nitrogens with one attached hydrogen (secondary N) is 1. The molecule has 1 heterocycles. The minimum Gasteiger partial charge on any atom is -0.479 e. The van der Waals surface area contributed by atoms with Crippen LogP contribution in [0.4, 0.5) is 0 Å². The molecule has 1 fully saturated rings. The van der Waals surface area contributed by atoms with E-state index >= 15 is 0 Å². The second-order valence-electron chi connectivity index (χ2n) is 4.24. The maximum Gasteiger partial charge on any atom is 0.330 e. The molecule has 2 atom stereocenters. The van der Waals surface area contributed by atoms with Gasteiger partial charge in [-0.15, -0.1) is 0 Å². The Kier molecular flexibility index (Phi) is 4.94. The van der Waals surface area contributed by atoms with E-state index in [1.165, 1.54) is 0 Å². The van der Waals surface area contributed by atoms with Crippen LogP contribution >= 0.6 is 11.6 Å². The van der Waals surface area contributed by atoms with E-state index in [2.05, 4.69) is 5.32 Å². The first kappa shape index (κ1) is 14.8. The van der Waals surface area contributed by atoms with Gasteiger partial charge >= 0.3 is 5.97 Å². The fourth-order valence-corrected chi connectivity index (χ4v) is 2.10. The Balaban J connectivity index is 2.12. The number of carbonyl (C=O) groups excluding carboxylic acids is 1. The molecule has 1 aliphatic heterocycles. The van der Waals surface area contributed by atoms with E-state index in [1.807, 2.05) is 0 Å². The van der Waals surface area contributed by atoms with Crippen molar-refractivity contribution in [3.63, 3.8) is 0 Å². The summed E-state index contributed by atoms with van der Waals surface area (Å²) in [5.74, 6) is -1.72. The smallest absolute Gasteiger partial charge is 0.330 e. The molecule has 2 rings (SSSR count). The van der Waals surface area contributed by atoms with Gasteiger partial charge in [0.2, 0.25) is 0 Å². The zero-order valence-corrected chi connectivity index (χ0v) is 11.3. The molecule has 0 saturated carbocycles. The first-order valence-electron chi connectivity index (χ1n) is 6.06. The van der Waals surface area contributed by atoms with Crippen molar-refractivity contribution in [2.75, 3.05) is 19.8 Å². The number of hydrogen-bond acceptors (Lipinski definition) is 4. The van der Waals surface area contributed by atoms with Crippen LogP contribution in [0.15, 0.2) is 24.3 Å². The van der Waals surface area contributed by atoms with Crippen LogP contribution in [0.3, 0.4) is 0 Å². The Bertz CT molecular complexity index is 501. The van der Waals surface area contributed by atoms with Crippen molar-refractivity contribution in [3.05, 3.63) is 34.9 Å². The average Bonchev–Trinajstić information content (AvgIpc) is 2.46. The molecule has 1 amide bonds. The lowest BCUT2D eigenvalue weighted by atomic mass is 10.1. The van der Waals surface area contributed by atoms with Crippen molar-refractivity contribution in [1.29, 1.82) is 0 Å². The number of carbonyl (C=O) groups is 2. The molecular formula is C13H14ClNO5. The van der Waals surface area contributed by atoms with Crippen LogP contribution in [0.25, 0.3) is 0 Å². The van der Waals surface area contributed by atoms with Crippen LogP contribution < -0.4 is 5.32 Å². The summed E-state index contributed by atoms with van der Waals surface area (Å²) in [5, 5.41) is 11.9. The van der Waals surface area contributed by atoms with Crippen molar-refractivity contribution < 1.29 is 24.2 Å². The van der Waals surface area contributed by atoms with Gasteiger partial charge in [-0.1, -0.05) is 29.8 Å². The van der Waals surface area contributed by atoms with E-state index in [9.17, 15) is 14.7 Å². The lowest BCUT2D eigenvalue weighted by Gasteiger charge is -2.24. The molecule has 108 valence electrons. The van der Waals surface area contributed by atoms with E-state index in [1.54, 1.807) is 24.3 Å². The topological polar surface area (TPSA) is 84.9 Å². The van der Waals surface area contributed by atoms with Crippen LogP contribution in [-0.4, -0.2) is 42.9 Å². The molecule has 1 unspecified atom stereocenters. The lowest BCUT2D eigenvalue weighted by Crippen LogP contribution is -2.45. The fraction of sp³-hybridized carbons (Fsp3) is 0.385. The van der Waals surface area contributed by atoms with Crippen LogP contribution in [0.2, 0.25) is 5.02 Å². The highest BCUT2D eigenvalue weighted by molar-refractivity contribution is 6.31.